The zero-order valence-corrected chi connectivity index (χ0v) is 12.6. The molecule has 3 rings (SSSR count). The van der Waals surface area contributed by atoms with Crippen molar-refractivity contribution in [2.24, 2.45) is 0 Å². The van der Waals surface area contributed by atoms with Gasteiger partial charge in [-0.2, -0.15) is 0 Å². The summed E-state index contributed by atoms with van der Waals surface area (Å²) in [6, 6.07) is 6.49. The Bertz CT molecular complexity index is 879. The molecule has 0 amide bonds. The number of nitrogens with zero attached hydrogens (tertiary/aromatic N) is 1. The average Bonchev–Trinajstić information content (AvgIpc) is 2.80. The number of aryl methyl sites for hydroxylation is 2. The standard InChI is InChI=1S/C16H11F2NO5/c1-8-3-4-10(5-9(8)2)15(20)11-6-13-14(7-12(11)19(21)22)24-16(17,18)23-13/h3-7H,1-2H3. The first-order valence-corrected chi connectivity index (χ1v) is 6.88. The molecule has 2 aromatic rings. The van der Waals surface area contributed by atoms with Gasteiger partial charge in [-0.1, -0.05) is 12.1 Å². The van der Waals surface area contributed by atoms with E-state index in [-0.39, 0.29) is 11.1 Å². The number of nitro groups is 1. The van der Waals surface area contributed by atoms with E-state index < -0.39 is 34.2 Å². The van der Waals surface area contributed by atoms with Crippen molar-refractivity contribution in [3.8, 4) is 11.5 Å². The van der Waals surface area contributed by atoms with Crippen LogP contribution in [0.5, 0.6) is 11.5 Å². The van der Waals surface area contributed by atoms with Crippen molar-refractivity contribution in [3.05, 3.63) is 62.7 Å². The second-order valence-corrected chi connectivity index (χ2v) is 5.37. The Labute approximate surface area is 134 Å². The molecule has 0 fully saturated rings. The summed E-state index contributed by atoms with van der Waals surface area (Å²) in [7, 11) is 0. The van der Waals surface area contributed by atoms with E-state index in [9.17, 15) is 23.7 Å². The molecule has 0 aromatic heterocycles. The van der Waals surface area contributed by atoms with Crippen molar-refractivity contribution in [2.45, 2.75) is 20.1 Å². The van der Waals surface area contributed by atoms with Crippen LogP contribution in [0.15, 0.2) is 30.3 Å². The normalized spacial score (nSPS) is 14.5. The van der Waals surface area contributed by atoms with E-state index in [2.05, 4.69) is 9.47 Å². The Hall–Kier alpha value is -3.03. The predicted octanol–water partition coefficient (Wildman–Crippen LogP) is 3.76. The van der Waals surface area contributed by atoms with Crippen molar-refractivity contribution in [2.75, 3.05) is 0 Å². The zero-order chi connectivity index (χ0) is 17.6. The monoisotopic (exact) mass is 335 g/mol. The predicted molar refractivity (Wildman–Crippen MR) is 78.6 cm³/mol. The van der Waals surface area contributed by atoms with Crippen LogP contribution in [0.25, 0.3) is 0 Å². The highest BCUT2D eigenvalue weighted by atomic mass is 19.3. The number of benzene rings is 2. The van der Waals surface area contributed by atoms with Gasteiger partial charge in [-0.3, -0.25) is 14.9 Å². The molecule has 6 nitrogen and oxygen atoms in total. The molecule has 0 saturated heterocycles. The topological polar surface area (TPSA) is 78.7 Å². The van der Waals surface area contributed by atoms with Crippen LogP contribution < -0.4 is 9.47 Å². The molecule has 1 aliphatic heterocycles. The minimum atomic E-state index is -3.92. The van der Waals surface area contributed by atoms with E-state index in [4.69, 9.17) is 0 Å². The summed E-state index contributed by atoms with van der Waals surface area (Å²) in [4.78, 5) is 23.0. The maximum atomic E-state index is 13.1. The fourth-order valence-corrected chi connectivity index (χ4v) is 2.36. The van der Waals surface area contributed by atoms with Gasteiger partial charge in [0.1, 0.15) is 5.56 Å². The number of ketones is 1. The maximum Gasteiger partial charge on any atom is 0.586 e. The fourth-order valence-electron chi connectivity index (χ4n) is 2.36. The van der Waals surface area contributed by atoms with Crippen LogP contribution in [0.1, 0.15) is 27.0 Å². The second-order valence-electron chi connectivity index (χ2n) is 5.37. The third kappa shape index (κ3) is 2.66. The van der Waals surface area contributed by atoms with Crippen molar-refractivity contribution >= 4 is 11.5 Å². The van der Waals surface area contributed by atoms with Gasteiger partial charge in [-0.25, -0.2) is 0 Å². The Morgan fingerprint density at radius 3 is 2.29 bits per heavy atom. The maximum absolute atomic E-state index is 13.1. The molecule has 1 aliphatic rings. The molecule has 0 atom stereocenters. The summed E-state index contributed by atoms with van der Waals surface area (Å²) in [5, 5.41) is 11.2. The molecular weight excluding hydrogens is 324 g/mol. The number of ether oxygens (including phenoxy) is 2. The Morgan fingerprint density at radius 1 is 1.08 bits per heavy atom. The van der Waals surface area contributed by atoms with Gasteiger partial charge in [0, 0.05) is 11.6 Å². The Morgan fingerprint density at radius 2 is 1.71 bits per heavy atom. The number of fused-ring (bicyclic) bond motifs is 1. The van der Waals surface area contributed by atoms with Gasteiger partial charge >= 0.3 is 6.29 Å². The molecule has 0 saturated carbocycles. The van der Waals surface area contributed by atoms with Gasteiger partial charge < -0.3 is 9.47 Å². The van der Waals surface area contributed by atoms with Crippen molar-refractivity contribution in [1.82, 2.24) is 0 Å². The van der Waals surface area contributed by atoms with Crippen molar-refractivity contribution < 1.29 is 28.0 Å². The largest absolute Gasteiger partial charge is 0.586 e. The summed E-state index contributed by atoms with van der Waals surface area (Å²) < 4.78 is 34.7. The molecule has 0 aliphatic carbocycles. The SMILES string of the molecule is Cc1ccc(C(=O)c2cc3c(cc2[N+](=O)[O-])OC(F)(F)O3)cc1C. The van der Waals surface area contributed by atoms with E-state index in [0.29, 0.717) is 0 Å². The number of rotatable bonds is 3. The lowest BCUT2D eigenvalue weighted by molar-refractivity contribution is -0.385. The fraction of sp³-hybridized carbons (Fsp3) is 0.188. The van der Waals surface area contributed by atoms with Crippen LogP contribution in [0, 0.1) is 24.0 Å². The summed E-state index contributed by atoms with van der Waals surface area (Å²) in [5.74, 6) is -1.56. The van der Waals surface area contributed by atoms with Gasteiger partial charge in [0.2, 0.25) is 0 Å². The summed E-state index contributed by atoms with van der Waals surface area (Å²) in [6.07, 6.45) is -3.92. The lowest BCUT2D eigenvalue weighted by atomic mass is 9.98. The third-order valence-electron chi connectivity index (χ3n) is 3.73. The first-order valence-electron chi connectivity index (χ1n) is 6.88. The molecule has 0 spiro atoms. The summed E-state index contributed by atoms with van der Waals surface area (Å²) >= 11 is 0. The quantitative estimate of drug-likeness (QED) is 0.485. The number of alkyl halides is 2. The van der Waals surface area contributed by atoms with Crippen molar-refractivity contribution in [1.29, 1.82) is 0 Å². The lowest BCUT2D eigenvalue weighted by Gasteiger charge is -2.06. The van der Waals surface area contributed by atoms with E-state index in [1.807, 2.05) is 6.92 Å². The first kappa shape index (κ1) is 15.9. The number of halogens is 2. The molecule has 124 valence electrons. The number of carbonyl (C=O) groups is 1. The third-order valence-corrected chi connectivity index (χ3v) is 3.73. The molecule has 0 N–H and O–H groups in total. The highest BCUT2D eigenvalue weighted by molar-refractivity contribution is 6.12. The minimum Gasteiger partial charge on any atom is -0.395 e. The Kier molecular flexibility index (Phi) is 3.47. The van der Waals surface area contributed by atoms with Gasteiger partial charge in [0.15, 0.2) is 17.3 Å². The van der Waals surface area contributed by atoms with Crippen LogP contribution >= 0.6 is 0 Å². The zero-order valence-electron chi connectivity index (χ0n) is 12.6. The van der Waals surface area contributed by atoms with E-state index in [0.717, 1.165) is 23.3 Å². The van der Waals surface area contributed by atoms with Crippen molar-refractivity contribution in [3.63, 3.8) is 0 Å². The van der Waals surface area contributed by atoms with E-state index >= 15 is 0 Å². The van der Waals surface area contributed by atoms with Crippen LogP contribution in [-0.4, -0.2) is 17.0 Å². The highest BCUT2D eigenvalue weighted by Crippen LogP contribution is 2.44. The van der Waals surface area contributed by atoms with Crippen LogP contribution in [-0.2, 0) is 0 Å². The van der Waals surface area contributed by atoms with E-state index in [1.165, 1.54) is 6.07 Å². The smallest absolute Gasteiger partial charge is 0.395 e. The summed E-state index contributed by atoms with van der Waals surface area (Å²) in [6.45, 7) is 3.65. The molecule has 1 heterocycles. The van der Waals surface area contributed by atoms with Crippen LogP contribution in [0.3, 0.4) is 0 Å². The first-order chi connectivity index (χ1) is 11.2. The average molecular weight is 335 g/mol. The molecule has 2 aromatic carbocycles. The molecule has 0 unspecified atom stereocenters. The molecule has 0 bridgehead atoms. The minimum absolute atomic E-state index is 0.215. The number of carbonyl (C=O) groups excluding carboxylic acids is 1. The van der Waals surface area contributed by atoms with Gasteiger partial charge in [0.25, 0.3) is 5.69 Å². The van der Waals surface area contributed by atoms with Gasteiger partial charge in [-0.05, 0) is 31.0 Å². The number of hydrogen-bond donors (Lipinski definition) is 0. The number of nitro benzene ring substituents is 1. The Balaban J connectivity index is 2.11. The highest BCUT2D eigenvalue weighted by Gasteiger charge is 2.45. The van der Waals surface area contributed by atoms with Crippen LogP contribution in [0.2, 0.25) is 0 Å². The summed E-state index contributed by atoms with van der Waals surface area (Å²) in [5.41, 5.74) is 1.02. The molecule has 8 heteroatoms. The van der Waals surface area contributed by atoms with E-state index in [1.54, 1.807) is 19.1 Å². The number of hydrogen-bond acceptors (Lipinski definition) is 5. The van der Waals surface area contributed by atoms with Gasteiger partial charge in [-0.15, -0.1) is 8.78 Å². The van der Waals surface area contributed by atoms with Crippen LogP contribution in [0.4, 0.5) is 14.5 Å². The van der Waals surface area contributed by atoms with Gasteiger partial charge in [0.05, 0.1) is 11.0 Å². The lowest BCUT2D eigenvalue weighted by Crippen LogP contribution is -2.25. The molecular formula is C16H11F2NO5. The second kappa shape index (κ2) is 5.26. The molecule has 24 heavy (non-hydrogen) atoms. The molecule has 0 radical (unpaired) electrons.